The van der Waals surface area contributed by atoms with Gasteiger partial charge in [0, 0.05) is 32.7 Å². The van der Waals surface area contributed by atoms with Crippen molar-refractivity contribution in [3.8, 4) is 39.9 Å². The van der Waals surface area contributed by atoms with Gasteiger partial charge < -0.3 is 4.42 Å². The van der Waals surface area contributed by atoms with Gasteiger partial charge in [0.2, 0.25) is 5.95 Å². The van der Waals surface area contributed by atoms with Crippen LogP contribution in [0.25, 0.3) is 94.4 Å². The summed E-state index contributed by atoms with van der Waals surface area (Å²) >= 11 is 0. The lowest BCUT2D eigenvalue weighted by molar-refractivity contribution is 0.669. The third-order valence-electron chi connectivity index (χ3n) is 9.27. The molecule has 48 heavy (non-hydrogen) atoms. The zero-order valence-corrected chi connectivity index (χ0v) is 25.7. The molecule has 0 radical (unpaired) electrons. The lowest BCUT2D eigenvalue weighted by atomic mass is 9.98. The van der Waals surface area contributed by atoms with Gasteiger partial charge in [-0.15, -0.1) is 0 Å². The Kier molecular flexibility index (Phi) is 5.81. The van der Waals surface area contributed by atoms with Crippen LogP contribution < -0.4 is 0 Å². The fourth-order valence-corrected chi connectivity index (χ4v) is 7.11. The molecule has 224 valence electrons. The highest BCUT2D eigenvalue weighted by molar-refractivity contribution is 6.12. The Morgan fingerprint density at radius 2 is 1.00 bits per heavy atom. The van der Waals surface area contributed by atoms with Crippen LogP contribution in [0.1, 0.15) is 0 Å². The van der Waals surface area contributed by atoms with E-state index in [0.29, 0.717) is 17.6 Å². The molecule has 10 aromatic rings. The molecule has 0 aliphatic carbocycles. The van der Waals surface area contributed by atoms with Crippen molar-refractivity contribution in [2.75, 3.05) is 0 Å². The molecular formula is C43H26N4O. The van der Waals surface area contributed by atoms with E-state index in [4.69, 9.17) is 19.4 Å². The van der Waals surface area contributed by atoms with Crippen LogP contribution in [-0.4, -0.2) is 19.5 Å². The number of furan rings is 1. The van der Waals surface area contributed by atoms with Gasteiger partial charge in [0.1, 0.15) is 11.2 Å². The Morgan fingerprint density at radius 1 is 0.417 bits per heavy atom. The first kappa shape index (κ1) is 26.6. The molecule has 5 heteroatoms. The van der Waals surface area contributed by atoms with Crippen molar-refractivity contribution >= 4 is 54.5 Å². The number of aromatic nitrogens is 4. The van der Waals surface area contributed by atoms with Crippen molar-refractivity contribution in [1.29, 1.82) is 0 Å². The van der Waals surface area contributed by atoms with E-state index in [1.165, 1.54) is 0 Å². The van der Waals surface area contributed by atoms with Crippen LogP contribution in [-0.2, 0) is 0 Å². The van der Waals surface area contributed by atoms with Crippen LogP contribution in [0.4, 0.5) is 0 Å². The van der Waals surface area contributed by atoms with E-state index < -0.39 is 0 Å². The second-order valence-electron chi connectivity index (χ2n) is 12.0. The van der Waals surface area contributed by atoms with Gasteiger partial charge in [-0.2, -0.15) is 9.97 Å². The van der Waals surface area contributed by atoms with Crippen molar-refractivity contribution in [1.82, 2.24) is 19.5 Å². The number of nitrogens with zero attached hydrogens (tertiary/aromatic N) is 4. The number of rotatable bonds is 4. The van der Waals surface area contributed by atoms with Gasteiger partial charge in [-0.1, -0.05) is 127 Å². The predicted molar refractivity (Wildman–Crippen MR) is 195 cm³/mol. The lowest BCUT2D eigenvalue weighted by Gasteiger charge is -2.13. The topological polar surface area (TPSA) is 56.7 Å². The second kappa shape index (κ2) is 10.5. The van der Waals surface area contributed by atoms with Crippen molar-refractivity contribution in [3.63, 3.8) is 0 Å². The summed E-state index contributed by atoms with van der Waals surface area (Å²) in [6.45, 7) is 0. The van der Waals surface area contributed by atoms with E-state index in [2.05, 4.69) is 144 Å². The molecule has 0 N–H and O–H groups in total. The largest absolute Gasteiger partial charge is 0.456 e. The van der Waals surface area contributed by atoms with Gasteiger partial charge in [-0.05, 0) is 52.2 Å². The molecule has 0 amide bonds. The maximum atomic E-state index is 6.22. The van der Waals surface area contributed by atoms with Crippen LogP contribution in [0.5, 0.6) is 0 Å². The minimum absolute atomic E-state index is 0.577. The van der Waals surface area contributed by atoms with E-state index >= 15 is 0 Å². The van der Waals surface area contributed by atoms with Crippen molar-refractivity contribution < 1.29 is 4.42 Å². The van der Waals surface area contributed by atoms with Crippen LogP contribution in [0, 0.1) is 0 Å². The number of hydrogen-bond donors (Lipinski definition) is 0. The molecule has 0 aliphatic rings. The van der Waals surface area contributed by atoms with Gasteiger partial charge in [0.25, 0.3) is 0 Å². The number of hydrogen-bond acceptors (Lipinski definition) is 4. The smallest absolute Gasteiger partial charge is 0.238 e. The normalized spacial score (nSPS) is 11.8. The third-order valence-corrected chi connectivity index (χ3v) is 9.27. The summed E-state index contributed by atoms with van der Waals surface area (Å²) in [5.41, 5.74) is 7.88. The molecule has 3 aromatic heterocycles. The maximum Gasteiger partial charge on any atom is 0.238 e. The van der Waals surface area contributed by atoms with Crippen LogP contribution in [0.2, 0.25) is 0 Å². The Morgan fingerprint density at radius 3 is 1.83 bits per heavy atom. The van der Waals surface area contributed by atoms with E-state index in [-0.39, 0.29) is 0 Å². The molecule has 10 rings (SSSR count). The molecule has 0 fully saturated rings. The standard InChI is InChI=1S/C43H26N4O/c1-2-16-30-27(12-1)13-10-21-34(30)42-44-41(45-43(46-42)47-36-22-6-3-17-32(36)33-18-4-7-23-37(33)47)29-15-9-14-28(26-29)31-20-11-25-39-40(31)35-19-5-8-24-38(35)48-39/h1-26H. The molecule has 0 atom stereocenters. The van der Waals surface area contributed by atoms with Crippen molar-refractivity contribution in [3.05, 3.63) is 158 Å². The van der Waals surface area contributed by atoms with Gasteiger partial charge in [0.05, 0.1) is 11.0 Å². The van der Waals surface area contributed by atoms with Crippen molar-refractivity contribution in [2.45, 2.75) is 0 Å². The Balaban J connectivity index is 1.24. The summed E-state index contributed by atoms with van der Waals surface area (Å²) in [5, 5.41) is 6.74. The van der Waals surface area contributed by atoms with Gasteiger partial charge in [0.15, 0.2) is 11.6 Å². The van der Waals surface area contributed by atoms with Gasteiger partial charge in [-0.3, -0.25) is 4.57 Å². The Labute approximate surface area is 275 Å². The van der Waals surface area contributed by atoms with Crippen LogP contribution >= 0.6 is 0 Å². The first-order valence-electron chi connectivity index (χ1n) is 16.0. The first-order chi connectivity index (χ1) is 23.8. The Hall–Kier alpha value is -6.59. The van der Waals surface area contributed by atoms with Gasteiger partial charge in [-0.25, -0.2) is 4.98 Å². The third kappa shape index (κ3) is 4.08. The molecular weight excluding hydrogens is 589 g/mol. The molecule has 0 aliphatic heterocycles. The van der Waals surface area contributed by atoms with Gasteiger partial charge >= 0.3 is 0 Å². The number of benzene rings is 7. The molecule has 0 bridgehead atoms. The average Bonchev–Trinajstić information content (AvgIpc) is 3.71. The molecule has 0 unspecified atom stereocenters. The minimum atomic E-state index is 0.577. The van der Waals surface area contributed by atoms with Crippen molar-refractivity contribution in [2.24, 2.45) is 0 Å². The monoisotopic (exact) mass is 614 g/mol. The molecule has 0 saturated heterocycles. The highest BCUT2D eigenvalue weighted by atomic mass is 16.3. The first-order valence-corrected chi connectivity index (χ1v) is 16.0. The zero-order valence-electron chi connectivity index (χ0n) is 25.7. The summed E-state index contributed by atoms with van der Waals surface area (Å²) in [6.07, 6.45) is 0. The molecule has 0 spiro atoms. The fourth-order valence-electron chi connectivity index (χ4n) is 7.11. The highest BCUT2D eigenvalue weighted by Gasteiger charge is 2.19. The zero-order chi connectivity index (χ0) is 31.6. The number of para-hydroxylation sites is 3. The Bertz CT molecular complexity index is 2800. The second-order valence-corrected chi connectivity index (χ2v) is 12.0. The summed E-state index contributed by atoms with van der Waals surface area (Å²) in [6, 6.07) is 54.4. The maximum absolute atomic E-state index is 6.22. The summed E-state index contributed by atoms with van der Waals surface area (Å²) in [4.78, 5) is 15.6. The van der Waals surface area contributed by atoms with Crippen LogP contribution in [0.3, 0.4) is 0 Å². The lowest BCUT2D eigenvalue weighted by Crippen LogP contribution is -2.06. The average molecular weight is 615 g/mol. The summed E-state index contributed by atoms with van der Waals surface area (Å²) < 4.78 is 8.38. The van der Waals surface area contributed by atoms with E-state index in [9.17, 15) is 0 Å². The summed E-state index contributed by atoms with van der Waals surface area (Å²) in [5.74, 6) is 1.81. The molecule has 5 nitrogen and oxygen atoms in total. The molecule has 7 aromatic carbocycles. The summed E-state index contributed by atoms with van der Waals surface area (Å²) in [7, 11) is 0. The van der Waals surface area contributed by atoms with E-state index in [0.717, 1.165) is 76.8 Å². The quantitative estimate of drug-likeness (QED) is 0.198. The van der Waals surface area contributed by atoms with E-state index in [1.54, 1.807) is 0 Å². The number of fused-ring (bicyclic) bond motifs is 7. The molecule has 3 heterocycles. The SMILES string of the molecule is c1cc(-c2nc(-c3cccc4ccccc34)nc(-n3c4ccccc4c4ccccc43)n2)cc(-c2cccc3oc4ccccc4c23)c1. The fraction of sp³-hybridized carbons (Fsp3) is 0. The van der Waals surface area contributed by atoms with E-state index in [1.807, 2.05) is 18.2 Å². The predicted octanol–water partition coefficient (Wildman–Crippen LogP) is 11.0. The molecule has 0 saturated carbocycles. The van der Waals surface area contributed by atoms with Crippen LogP contribution in [0.15, 0.2) is 162 Å². The highest BCUT2D eigenvalue weighted by Crippen LogP contribution is 2.38. The minimum Gasteiger partial charge on any atom is -0.456 e.